The van der Waals surface area contributed by atoms with E-state index in [1.54, 1.807) is 36.5 Å². The lowest BCUT2D eigenvalue weighted by molar-refractivity contribution is 0.102. The summed E-state index contributed by atoms with van der Waals surface area (Å²) >= 11 is 0. The minimum atomic E-state index is -0.413. The van der Waals surface area contributed by atoms with Crippen LogP contribution in [0.2, 0.25) is 0 Å². The van der Waals surface area contributed by atoms with Crippen molar-refractivity contribution < 1.29 is 10.0 Å². The molecule has 1 amide bonds. The molecule has 0 aliphatic rings. The summed E-state index contributed by atoms with van der Waals surface area (Å²) in [5, 5.41) is 14.1. The summed E-state index contributed by atoms with van der Waals surface area (Å²) in [6, 6.07) is 10.6. The Balaban J connectivity index is 2.21. The third-order valence-electron chi connectivity index (χ3n) is 3.24. The first-order valence-corrected chi connectivity index (χ1v) is 7.11. The summed E-state index contributed by atoms with van der Waals surface area (Å²) in [6.45, 7) is 7.56. The standard InChI is InChI=1S/C17H21N3O2/c1-12-11-13(20(22)17(2,3)4)8-9-14(12)16(21)19-15-7-5-6-10-18-15/h5-11,22H,1-4H3,(H,18,19,21). The van der Waals surface area contributed by atoms with Crippen LogP contribution in [0.3, 0.4) is 0 Å². The number of hydrogen-bond acceptors (Lipinski definition) is 4. The molecule has 2 aromatic rings. The number of carbonyl (C=O) groups excluding carboxylic acids is 1. The van der Waals surface area contributed by atoms with Crippen molar-refractivity contribution in [2.45, 2.75) is 33.2 Å². The van der Waals surface area contributed by atoms with Gasteiger partial charge in [-0.15, -0.1) is 0 Å². The van der Waals surface area contributed by atoms with Gasteiger partial charge in [0.15, 0.2) is 0 Å². The number of aryl methyl sites for hydroxylation is 1. The van der Waals surface area contributed by atoms with Gasteiger partial charge in [0.2, 0.25) is 0 Å². The fourth-order valence-electron chi connectivity index (χ4n) is 2.04. The number of hydroxylamine groups is 1. The van der Waals surface area contributed by atoms with E-state index in [2.05, 4.69) is 10.3 Å². The van der Waals surface area contributed by atoms with Crippen molar-refractivity contribution in [2.24, 2.45) is 0 Å². The Morgan fingerprint density at radius 2 is 1.95 bits per heavy atom. The lowest BCUT2D eigenvalue weighted by Crippen LogP contribution is -2.38. The Hall–Kier alpha value is -2.40. The van der Waals surface area contributed by atoms with E-state index in [0.717, 1.165) is 5.56 Å². The van der Waals surface area contributed by atoms with Gasteiger partial charge in [-0.2, -0.15) is 0 Å². The van der Waals surface area contributed by atoms with E-state index in [-0.39, 0.29) is 5.91 Å². The molecule has 0 spiro atoms. The Labute approximate surface area is 130 Å². The van der Waals surface area contributed by atoms with Crippen molar-refractivity contribution in [3.8, 4) is 0 Å². The molecule has 1 aromatic carbocycles. The van der Waals surface area contributed by atoms with Crippen LogP contribution in [-0.2, 0) is 0 Å². The van der Waals surface area contributed by atoms with E-state index in [0.29, 0.717) is 17.1 Å². The molecule has 5 nitrogen and oxygen atoms in total. The first-order valence-electron chi connectivity index (χ1n) is 7.11. The Bertz CT molecular complexity index is 663. The summed E-state index contributed by atoms with van der Waals surface area (Å²) in [5.74, 6) is 0.289. The van der Waals surface area contributed by atoms with Crippen molar-refractivity contribution in [3.05, 3.63) is 53.7 Å². The van der Waals surface area contributed by atoms with Crippen LogP contribution >= 0.6 is 0 Å². The minimum Gasteiger partial charge on any atom is -0.307 e. The maximum absolute atomic E-state index is 12.3. The van der Waals surface area contributed by atoms with Crippen LogP contribution in [0.5, 0.6) is 0 Å². The molecular weight excluding hydrogens is 278 g/mol. The van der Waals surface area contributed by atoms with Gasteiger partial charge < -0.3 is 5.32 Å². The molecule has 22 heavy (non-hydrogen) atoms. The molecule has 1 heterocycles. The number of pyridine rings is 1. The van der Waals surface area contributed by atoms with Gasteiger partial charge in [0, 0.05) is 11.8 Å². The molecule has 0 saturated heterocycles. The minimum absolute atomic E-state index is 0.219. The molecule has 0 bridgehead atoms. The van der Waals surface area contributed by atoms with Crippen LogP contribution in [-0.4, -0.2) is 21.6 Å². The molecule has 2 rings (SSSR count). The number of carbonyl (C=O) groups is 1. The number of nitrogens with one attached hydrogen (secondary N) is 1. The average Bonchev–Trinajstić information content (AvgIpc) is 2.46. The topological polar surface area (TPSA) is 65.5 Å². The second-order valence-electron chi connectivity index (χ2n) is 6.15. The summed E-state index contributed by atoms with van der Waals surface area (Å²) in [6.07, 6.45) is 1.62. The predicted molar refractivity (Wildman–Crippen MR) is 87.4 cm³/mol. The lowest BCUT2D eigenvalue weighted by atomic mass is 10.0. The van der Waals surface area contributed by atoms with Crippen LogP contribution < -0.4 is 10.4 Å². The first kappa shape index (κ1) is 16.0. The smallest absolute Gasteiger partial charge is 0.257 e. The lowest BCUT2D eigenvalue weighted by Gasteiger charge is -2.31. The highest BCUT2D eigenvalue weighted by atomic mass is 16.5. The van der Waals surface area contributed by atoms with Crippen molar-refractivity contribution >= 4 is 17.4 Å². The van der Waals surface area contributed by atoms with Crippen LogP contribution in [0.25, 0.3) is 0 Å². The normalized spacial score (nSPS) is 11.1. The van der Waals surface area contributed by atoms with E-state index < -0.39 is 5.54 Å². The van der Waals surface area contributed by atoms with Gasteiger partial charge >= 0.3 is 0 Å². The third-order valence-corrected chi connectivity index (χ3v) is 3.24. The van der Waals surface area contributed by atoms with Crippen LogP contribution in [0.4, 0.5) is 11.5 Å². The number of rotatable bonds is 3. The number of hydrogen-bond donors (Lipinski definition) is 2. The molecule has 0 fully saturated rings. The monoisotopic (exact) mass is 299 g/mol. The molecule has 0 atom stereocenters. The fraction of sp³-hybridized carbons (Fsp3) is 0.294. The van der Waals surface area contributed by atoms with Gasteiger partial charge in [-0.3, -0.25) is 15.1 Å². The molecular formula is C17H21N3O2. The van der Waals surface area contributed by atoms with Gasteiger partial charge in [-0.25, -0.2) is 4.98 Å². The molecule has 0 aliphatic carbocycles. The second-order valence-corrected chi connectivity index (χ2v) is 6.15. The fourth-order valence-corrected chi connectivity index (χ4v) is 2.04. The molecule has 0 saturated carbocycles. The number of amides is 1. The van der Waals surface area contributed by atoms with Crippen molar-refractivity contribution in [1.29, 1.82) is 0 Å². The van der Waals surface area contributed by atoms with Crippen molar-refractivity contribution in [2.75, 3.05) is 10.4 Å². The molecule has 0 radical (unpaired) electrons. The highest BCUT2D eigenvalue weighted by Gasteiger charge is 2.21. The van der Waals surface area contributed by atoms with Gasteiger partial charge in [-0.05, 0) is 63.6 Å². The van der Waals surface area contributed by atoms with Crippen LogP contribution in [0, 0.1) is 6.92 Å². The van der Waals surface area contributed by atoms with Gasteiger partial charge in [0.1, 0.15) is 5.82 Å². The molecule has 0 aliphatic heterocycles. The predicted octanol–water partition coefficient (Wildman–Crippen LogP) is 3.64. The first-order chi connectivity index (χ1) is 10.3. The Morgan fingerprint density at radius 1 is 1.23 bits per heavy atom. The molecule has 1 aromatic heterocycles. The molecule has 116 valence electrons. The zero-order chi connectivity index (χ0) is 16.3. The summed E-state index contributed by atoms with van der Waals surface area (Å²) in [5.41, 5.74) is 1.58. The Kier molecular flexibility index (Phi) is 4.47. The van der Waals surface area contributed by atoms with Crippen LogP contribution in [0.15, 0.2) is 42.6 Å². The molecule has 5 heteroatoms. The summed E-state index contributed by atoms with van der Waals surface area (Å²) in [4.78, 5) is 16.4. The summed E-state index contributed by atoms with van der Waals surface area (Å²) in [7, 11) is 0. The number of benzene rings is 1. The maximum Gasteiger partial charge on any atom is 0.257 e. The highest BCUT2D eigenvalue weighted by molar-refractivity contribution is 6.05. The molecule has 2 N–H and O–H groups in total. The van der Waals surface area contributed by atoms with E-state index in [1.165, 1.54) is 5.06 Å². The van der Waals surface area contributed by atoms with E-state index in [1.807, 2.05) is 33.8 Å². The van der Waals surface area contributed by atoms with Gasteiger partial charge in [0.25, 0.3) is 5.91 Å². The quantitative estimate of drug-likeness (QED) is 0.849. The van der Waals surface area contributed by atoms with E-state index in [9.17, 15) is 10.0 Å². The van der Waals surface area contributed by atoms with Crippen molar-refractivity contribution in [1.82, 2.24) is 4.98 Å². The molecule has 0 unspecified atom stereocenters. The van der Waals surface area contributed by atoms with E-state index >= 15 is 0 Å². The number of nitrogens with zero attached hydrogens (tertiary/aromatic N) is 2. The van der Waals surface area contributed by atoms with Crippen LogP contribution in [0.1, 0.15) is 36.7 Å². The van der Waals surface area contributed by atoms with E-state index in [4.69, 9.17) is 0 Å². The Morgan fingerprint density at radius 3 is 2.50 bits per heavy atom. The zero-order valence-electron chi connectivity index (χ0n) is 13.3. The average molecular weight is 299 g/mol. The highest BCUT2D eigenvalue weighted by Crippen LogP contribution is 2.24. The van der Waals surface area contributed by atoms with Crippen molar-refractivity contribution in [3.63, 3.8) is 0 Å². The van der Waals surface area contributed by atoms with Gasteiger partial charge in [-0.1, -0.05) is 6.07 Å². The summed E-state index contributed by atoms with van der Waals surface area (Å²) < 4.78 is 0. The zero-order valence-corrected chi connectivity index (χ0v) is 13.3. The SMILES string of the molecule is Cc1cc(N(O)C(C)(C)C)ccc1C(=O)Nc1ccccn1. The number of anilines is 2. The second kappa shape index (κ2) is 6.15. The third kappa shape index (κ3) is 3.62. The van der Waals surface area contributed by atoms with Gasteiger partial charge in [0.05, 0.1) is 11.2 Å². The number of aromatic nitrogens is 1. The maximum atomic E-state index is 12.3. The largest absolute Gasteiger partial charge is 0.307 e.